The van der Waals surface area contributed by atoms with Gasteiger partial charge in [0.05, 0.1) is 5.41 Å². The molecule has 0 saturated heterocycles. The summed E-state index contributed by atoms with van der Waals surface area (Å²) in [7, 11) is 0. The highest BCUT2D eigenvalue weighted by atomic mass is 19.4. The zero-order valence-electron chi connectivity index (χ0n) is 20.7. The maximum Gasteiger partial charge on any atom is 0.394 e. The first kappa shape index (κ1) is 27.7. The van der Waals surface area contributed by atoms with Crippen LogP contribution in [0.2, 0.25) is 0 Å². The van der Waals surface area contributed by atoms with Gasteiger partial charge in [-0.2, -0.15) is 13.2 Å². The number of halogens is 3. The zero-order valence-corrected chi connectivity index (χ0v) is 20.7. The van der Waals surface area contributed by atoms with Crippen LogP contribution in [-0.4, -0.2) is 6.18 Å². The van der Waals surface area contributed by atoms with Crippen LogP contribution in [0.15, 0.2) is 49.6 Å². The molecule has 3 heterocycles. The topological polar surface area (TPSA) is 39.4 Å². The number of alkyl halides is 3. The van der Waals surface area contributed by atoms with Gasteiger partial charge in [0.15, 0.2) is 0 Å². The first-order valence-corrected chi connectivity index (χ1v) is 10.7. The van der Waals surface area contributed by atoms with Gasteiger partial charge in [-0.1, -0.05) is 34.6 Å². The van der Waals surface area contributed by atoms with E-state index in [0.717, 1.165) is 29.5 Å². The Morgan fingerprint density at radius 2 is 0.906 bits per heavy atom. The van der Waals surface area contributed by atoms with E-state index in [-0.39, 0.29) is 6.42 Å². The first-order valence-electron chi connectivity index (χ1n) is 10.7. The molecule has 0 unspecified atom stereocenters. The van der Waals surface area contributed by atoms with Crippen molar-refractivity contribution in [3.63, 3.8) is 0 Å². The van der Waals surface area contributed by atoms with E-state index in [0.29, 0.717) is 16.9 Å². The highest BCUT2D eigenvalue weighted by molar-refractivity contribution is 5.08. The van der Waals surface area contributed by atoms with E-state index in [1.54, 1.807) is 19.1 Å². The van der Waals surface area contributed by atoms with Crippen LogP contribution in [0.25, 0.3) is 0 Å². The molecule has 0 aliphatic heterocycles. The average molecular weight is 455 g/mol. The van der Waals surface area contributed by atoms with Crippen molar-refractivity contribution >= 4 is 0 Å². The molecule has 0 bridgehead atoms. The number of hydrogen-bond acceptors (Lipinski definition) is 3. The van der Waals surface area contributed by atoms with Crippen molar-refractivity contribution in [1.82, 2.24) is 0 Å². The standard InChI is InChI=1S/C10H13F3O.C10H16O.C6H8O/c1-7-4-5-8(14-7)6-9(2,3)10(11,12)13;1-8-5-6-9(11-8)7-10(2,3)4;1-5-3-4-6(2)7-5/h4-5H,6H2,1-3H3;5-6H,7H2,1-4H3;3-4H,1-2H3. The number of furan rings is 3. The predicted molar refractivity (Wildman–Crippen MR) is 122 cm³/mol. The number of aryl methyl sites for hydroxylation is 4. The lowest BCUT2D eigenvalue weighted by molar-refractivity contribution is -0.212. The monoisotopic (exact) mass is 454 g/mol. The molecule has 0 fully saturated rings. The second-order valence-corrected chi connectivity index (χ2v) is 9.98. The van der Waals surface area contributed by atoms with Crippen molar-refractivity contribution in [2.24, 2.45) is 10.8 Å². The summed E-state index contributed by atoms with van der Waals surface area (Å²) >= 11 is 0. The highest BCUT2D eigenvalue weighted by Crippen LogP contribution is 2.40. The van der Waals surface area contributed by atoms with E-state index >= 15 is 0 Å². The maximum absolute atomic E-state index is 12.5. The molecule has 0 radical (unpaired) electrons. The van der Waals surface area contributed by atoms with E-state index in [1.165, 1.54) is 13.8 Å². The molecule has 0 saturated carbocycles. The number of rotatable bonds is 3. The van der Waals surface area contributed by atoms with Gasteiger partial charge in [-0.15, -0.1) is 0 Å². The summed E-state index contributed by atoms with van der Waals surface area (Å²) < 4.78 is 53.1. The van der Waals surface area contributed by atoms with Crippen molar-refractivity contribution < 1.29 is 26.4 Å². The van der Waals surface area contributed by atoms with Crippen molar-refractivity contribution in [2.75, 3.05) is 0 Å². The van der Waals surface area contributed by atoms with Gasteiger partial charge in [0, 0.05) is 12.8 Å². The smallest absolute Gasteiger partial charge is 0.394 e. The largest absolute Gasteiger partial charge is 0.467 e. The van der Waals surface area contributed by atoms with Crippen molar-refractivity contribution in [1.29, 1.82) is 0 Å². The summed E-state index contributed by atoms with van der Waals surface area (Å²) in [6.07, 6.45) is -3.31. The van der Waals surface area contributed by atoms with Gasteiger partial charge in [0.1, 0.15) is 34.6 Å². The minimum atomic E-state index is -4.20. The maximum atomic E-state index is 12.5. The summed E-state index contributed by atoms with van der Waals surface area (Å²) in [5.41, 5.74) is -1.42. The zero-order chi connectivity index (χ0) is 24.7. The Balaban J connectivity index is 0.000000253. The lowest BCUT2D eigenvalue weighted by Gasteiger charge is -2.26. The van der Waals surface area contributed by atoms with Crippen LogP contribution in [0.5, 0.6) is 0 Å². The van der Waals surface area contributed by atoms with Crippen molar-refractivity contribution in [3.05, 3.63) is 71.0 Å². The highest BCUT2D eigenvalue weighted by Gasteiger charge is 2.47. The molecule has 0 aliphatic carbocycles. The Kier molecular flexibility index (Phi) is 9.49. The molecule has 0 aromatic carbocycles. The van der Waals surface area contributed by atoms with Crippen LogP contribution >= 0.6 is 0 Å². The van der Waals surface area contributed by atoms with Crippen molar-refractivity contribution in [3.8, 4) is 0 Å². The molecule has 0 N–H and O–H groups in total. The van der Waals surface area contributed by atoms with Crippen LogP contribution in [-0.2, 0) is 12.8 Å². The van der Waals surface area contributed by atoms with Gasteiger partial charge in [-0.05, 0) is 69.5 Å². The molecular formula is C26H37F3O3. The second-order valence-electron chi connectivity index (χ2n) is 9.98. The lowest BCUT2D eigenvalue weighted by atomic mass is 9.87. The van der Waals surface area contributed by atoms with E-state index < -0.39 is 11.6 Å². The van der Waals surface area contributed by atoms with E-state index in [9.17, 15) is 13.2 Å². The van der Waals surface area contributed by atoms with E-state index in [2.05, 4.69) is 26.8 Å². The molecular weight excluding hydrogens is 417 g/mol. The predicted octanol–water partition coefficient (Wildman–Crippen LogP) is 8.79. The molecule has 32 heavy (non-hydrogen) atoms. The molecule has 3 nitrogen and oxygen atoms in total. The molecule has 180 valence electrons. The van der Waals surface area contributed by atoms with Crippen LogP contribution in [0.3, 0.4) is 0 Å². The van der Waals surface area contributed by atoms with Crippen LogP contribution in [0.4, 0.5) is 13.2 Å². The fraction of sp³-hybridized carbons (Fsp3) is 0.538. The summed E-state index contributed by atoms with van der Waals surface area (Å²) in [6.45, 7) is 16.5. The third-order valence-electron chi connectivity index (χ3n) is 4.55. The summed E-state index contributed by atoms with van der Waals surface area (Å²) in [6, 6.07) is 11.2. The van der Waals surface area contributed by atoms with Gasteiger partial charge >= 0.3 is 6.18 Å². The molecule has 3 aromatic rings. The van der Waals surface area contributed by atoms with Crippen LogP contribution in [0, 0.1) is 38.5 Å². The SMILES string of the molecule is Cc1ccc(C)o1.Cc1ccc(CC(C)(C)C(F)(F)F)o1.Cc1ccc(CC(C)(C)C)o1. The first-order chi connectivity index (χ1) is 14.5. The van der Waals surface area contributed by atoms with E-state index in [1.807, 2.05) is 39.0 Å². The summed E-state index contributed by atoms with van der Waals surface area (Å²) in [5, 5.41) is 0. The fourth-order valence-electron chi connectivity index (χ4n) is 2.78. The van der Waals surface area contributed by atoms with Gasteiger partial charge in [-0.3, -0.25) is 0 Å². The Morgan fingerprint density at radius 3 is 1.16 bits per heavy atom. The fourth-order valence-corrected chi connectivity index (χ4v) is 2.78. The summed E-state index contributed by atoms with van der Waals surface area (Å²) in [5.74, 6) is 5.08. The molecule has 3 rings (SSSR count). The van der Waals surface area contributed by atoms with Crippen LogP contribution < -0.4 is 0 Å². The molecule has 3 aromatic heterocycles. The third kappa shape index (κ3) is 10.3. The second kappa shape index (κ2) is 11.0. The van der Waals surface area contributed by atoms with Crippen LogP contribution in [0.1, 0.15) is 69.2 Å². The minimum Gasteiger partial charge on any atom is -0.467 e. The van der Waals surface area contributed by atoms with Gasteiger partial charge in [0.2, 0.25) is 0 Å². The molecule has 0 amide bonds. The lowest BCUT2D eigenvalue weighted by Crippen LogP contribution is -2.33. The average Bonchev–Trinajstić information content (AvgIpc) is 3.29. The normalized spacial score (nSPS) is 12.0. The Morgan fingerprint density at radius 1 is 0.562 bits per heavy atom. The van der Waals surface area contributed by atoms with Crippen molar-refractivity contribution in [2.45, 2.75) is 81.3 Å². The Labute approximate surface area is 190 Å². The Hall–Kier alpha value is -2.37. The summed E-state index contributed by atoms with van der Waals surface area (Å²) in [4.78, 5) is 0. The quantitative estimate of drug-likeness (QED) is 0.397. The number of hydrogen-bond donors (Lipinski definition) is 0. The molecule has 6 heteroatoms. The molecule has 0 atom stereocenters. The van der Waals surface area contributed by atoms with Gasteiger partial charge in [0.25, 0.3) is 0 Å². The van der Waals surface area contributed by atoms with Gasteiger partial charge in [-0.25, -0.2) is 0 Å². The van der Waals surface area contributed by atoms with Gasteiger partial charge < -0.3 is 13.3 Å². The molecule has 0 spiro atoms. The molecule has 0 aliphatic rings. The third-order valence-corrected chi connectivity index (χ3v) is 4.55. The Bertz CT molecular complexity index is 918. The van der Waals surface area contributed by atoms with E-state index in [4.69, 9.17) is 13.3 Å². The minimum absolute atomic E-state index is 0.121.